The summed E-state index contributed by atoms with van der Waals surface area (Å²) in [4.78, 5) is 38.8. The van der Waals surface area contributed by atoms with Crippen molar-refractivity contribution in [2.45, 2.75) is 98.1 Å². The Balaban J connectivity index is 2.67. The third-order valence-corrected chi connectivity index (χ3v) is 7.64. The van der Waals surface area contributed by atoms with E-state index in [-0.39, 0.29) is 12.3 Å². The van der Waals surface area contributed by atoms with Crippen LogP contribution in [0.25, 0.3) is 0 Å². The molecule has 0 heterocycles. The van der Waals surface area contributed by atoms with E-state index in [2.05, 4.69) is 0 Å². The molecule has 0 unspecified atom stereocenters. The predicted octanol–water partition coefficient (Wildman–Crippen LogP) is 3.27. The molecule has 2 fully saturated rings. The molecule has 0 saturated heterocycles. The Morgan fingerprint density at radius 3 is 1.97 bits per heavy atom. The van der Waals surface area contributed by atoms with Crippen LogP contribution in [0.15, 0.2) is 23.3 Å². The minimum absolute atomic E-state index is 0.194. The van der Waals surface area contributed by atoms with Crippen molar-refractivity contribution < 1.29 is 34.1 Å². The Morgan fingerprint density at radius 2 is 1.50 bits per heavy atom. The second kappa shape index (κ2) is 9.10. The summed E-state index contributed by atoms with van der Waals surface area (Å²) in [5.41, 5.74) is -3.49. The van der Waals surface area contributed by atoms with E-state index in [9.17, 15) is 24.6 Å². The van der Waals surface area contributed by atoms with Gasteiger partial charge in [-0.15, -0.1) is 0 Å². The lowest BCUT2D eigenvalue weighted by molar-refractivity contribution is -0.176. The average Bonchev–Trinajstić information content (AvgIpc) is 2.98. The summed E-state index contributed by atoms with van der Waals surface area (Å²) in [6, 6.07) is 0. The van der Waals surface area contributed by atoms with Crippen LogP contribution in [0, 0.1) is 17.3 Å². The Kier molecular flexibility index (Phi) is 7.47. The number of hydrogen-bond donors (Lipinski definition) is 2. The third kappa shape index (κ3) is 4.42. The smallest absolute Gasteiger partial charge is 0.334 e. The van der Waals surface area contributed by atoms with Gasteiger partial charge >= 0.3 is 11.9 Å². The van der Waals surface area contributed by atoms with Crippen LogP contribution in [0.1, 0.15) is 74.7 Å². The molecule has 0 amide bonds. The molecule has 2 saturated carbocycles. The van der Waals surface area contributed by atoms with E-state index in [1.807, 2.05) is 13.8 Å². The maximum Gasteiger partial charge on any atom is 0.334 e. The first-order valence-electron chi connectivity index (χ1n) is 11.3. The molecule has 2 aliphatic rings. The van der Waals surface area contributed by atoms with E-state index in [0.717, 1.165) is 0 Å². The minimum atomic E-state index is -1.91. The highest BCUT2D eigenvalue weighted by Gasteiger charge is 2.68. The summed E-state index contributed by atoms with van der Waals surface area (Å²) in [7, 11) is 0. The van der Waals surface area contributed by atoms with Gasteiger partial charge < -0.3 is 19.7 Å². The fourth-order valence-corrected chi connectivity index (χ4v) is 5.20. The van der Waals surface area contributed by atoms with Gasteiger partial charge in [0, 0.05) is 28.9 Å². The van der Waals surface area contributed by atoms with E-state index in [4.69, 9.17) is 9.47 Å². The van der Waals surface area contributed by atoms with E-state index >= 15 is 0 Å². The molecule has 180 valence electrons. The second-order valence-corrected chi connectivity index (χ2v) is 10.1. The Labute approximate surface area is 190 Å². The van der Waals surface area contributed by atoms with E-state index in [1.54, 1.807) is 46.8 Å². The summed E-state index contributed by atoms with van der Waals surface area (Å²) < 4.78 is 11.5. The van der Waals surface area contributed by atoms with Crippen molar-refractivity contribution in [3.8, 4) is 0 Å². The molecule has 0 bridgehead atoms. The normalized spacial score (nSPS) is 38.3. The number of carbonyl (C=O) groups excluding carboxylic acids is 3. The summed E-state index contributed by atoms with van der Waals surface area (Å²) >= 11 is 0. The summed E-state index contributed by atoms with van der Waals surface area (Å²) in [6.45, 7) is 13.5. The standard InChI is InChI=1S/C25H38O7/c1-9-15(5)21(27)31-17-13-24(8,29)19(26)20(32-22(28)16(6)10-2)23(7)11-12-25(30,14(3)4)18(17)23/h9-10,14,17-18,20,29-30H,11-13H2,1-8H3/b15-9-,16-10-/t17-,18+,20+,23-,24-,25-/m1/s1. The first kappa shape index (κ1) is 26.3. The minimum Gasteiger partial charge on any atom is -0.458 e. The number of ether oxygens (including phenoxy) is 2. The summed E-state index contributed by atoms with van der Waals surface area (Å²) in [5.74, 6) is -2.80. The van der Waals surface area contributed by atoms with Gasteiger partial charge in [-0.2, -0.15) is 0 Å². The zero-order valence-electron chi connectivity index (χ0n) is 20.5. The molecule has 0 spiro atoms. The van der Waals surface area contributed by atoms with Crippen LogP contribution in [0.5, 0.6) is 0 Å². The van der Waals surface area contributed by atoms with Crippen LogP contribution in [0.2, 0.25) is 0 Å². The van der Waals surface area contributed by atoms with Gasteiger partial charge in [0.05, 0.1) is 5.60 Å². The SMILES string of the molecule is C/C=C(/C)C(=O)O[C@@H]1C[C@@](C)(O)C(=O)[C@H](OC(=O)/C(C)=C\C)[C@]2(C)CC[C@@](O)(C(C)C)[C@@H]12. The van der Waals surface area contributed by atoms with Gasteiger partial charge in [-0.3, -0.25) is 4.79 Å². The number of Topliss-reactive ketones (excluding diaryl/α,β-unsaturated/α-hetero) is 1. The highest BCUT2D eigenvalue weighted by molar-refractivity contribution is 5.96. The first-order valence-corrected chi connectivity index (χ1v) is 11.3. The third-order valence-electron chi connectivity index (χ3n) is 7.64. The molecule has 7 nitrogen and oxygen atoms in total. The summed E-state index contributed by atoms with van der Waals surface area (Å²) in [6.07, 6.45) is 1.51. The molecule has 7 heteroatoms. The molecular weight excluding hydrogens is 412 g/mol. The Bertz CT molecular complexity index is 837. The lowest BCUT2D eigenvalue weighted by Gasteiger charge is -2.44. The number of carbonyl (C=O) groups is 3. The molecule has 0 aromatic rings. The zero-order chi connectivity index (χ0) is 24.6. The first-order chi connectivity index (χ1) is 14.7. The van der Waals surface area contributed by atoms with Gasteiger partial charge in [-0.25, -0.2) is 9.59 Å². The van der Waals surface area contributed by atoms with Crippen molar-refractivity contribution in [2.75, 3.05) is 0 Å². The number of ketones is 1. The highest BCUT2D eigenvalue weighted by Crippen LogP contribution is 2.59. The Hall–Kier alpha value is -1.99. The maximum absolute atomic E-state index is 13.5. The van der Waals surface area contributed by atoms with Gasteiger partial charge in [-0.05, 0) is 53.4 Å². The molecule has 0 aliphatic heterocycles. The number of allylic oxidation sites excluding steroid dienone is 2. The average molecular weight is 451 g/mol. The molecule has 32 heavy (non-hydrogen) atoms. The quantitative estimate of drug-likeness (QED) is 0.488. The maximum atomic E-state index is 13.5. The van der Waals surface area contributed by atoms with Crippen molar-refractivity contribution in [2.24, 2.45) is 17.3 Å². The predicted molar refractivity (Wildman–Crippen MR) is 119 cm³/mol. The summed E-state index contributed by atoms with van der Waals surface area (Å²) in [5, 5.41) is 22.9. The highest BCUT2D eigenvalue weighted by atomic mass is 16.6. The van der Waals surface area contributed by atoms with Crippen molar-refractivity contribution >= 4 is 17.7 Å². The number of hydrogen-bond acceptors (Lipinski definition) is 7. The van der Waals surface area contributed by atoms with Crippen molar-refractivity contribution in [1.82, 2.24) is 0 Å². The van der Waals surface area contributed by atoms with Gasteiger partial charge in [0.1, 0.15) is 11.7 Å². The molecule has 0 aromatic heterocycles. The topological polar surface area (TPSA) is 110 Å². The molecule has 6 atom stereocenters. The monoisotopic (exact) mass is 450 g/mol. The van der Waals surface area contributed by atoms with Crippen LogP contribution in [-0.4, -0.2) is 51.3 Å². The van der Waals surface area contributed by atoms with Crippen molar-refractivity contribution in [3.63, 3.8) is 0 Å². The molecule has 0 aromatic carbocycles. The number of rotatable bonds is 5. The van der Waals surface area contributed by atoms with Gasteiger partial charge in [0.15, 0.2) is 6.10 Å². The van der Waals surface area contributed by atoms with E-state index in [1.165, 1.54) is 6.92 Å². The van der Waals surface area contributed by atoms with Crippen LogP contribution in [-0.2, 0) is 23.9 Å². The number of aliphatic hydroxyl groups is 2. The van der Waals surface area contributed by atoms with Crippen molar-refractivity contribution in [3.05, 3.63) is 23.3 Å². The lowest BCUT2D eigenvalue weighted by atomic mass is 9.66. The fourth-order valence-electron chi connectivity index (χ4n) is 5.20. The van der Waals surface area contributed by atoms with Crippen LogP contribution < -0.4 is 0 Å². The molecule has 2 aliphatic carbocycles. The zero-order valence-corrected chi connectivity index (χ0v) is 20.5. The number of esters is 2. The van der Waals surface area contributed by atoms with E-state index < -0.39 is 52.5 Å². The van der Waals surface area contributed by atoms with Crippen LogP contribution in [0.3, 0.4) is 0 Å². The molecular formula is C25H38O7. The molecule has 0 radical (unpaired) electrons. The van der Waals surface area contributed by atoms with Gasteiger partial charge in [-0.1, -0.05) is 32.9 Å². The Morgan fingerprint density at radius 1 is 1.00 bits per heavy atom. The number of fused-ring (bicyclic) bond motifs is 1. The lowest BCUT2D eigenvalue weighted by Crippen LogP contribution is -2.54. The van der Waals surface area contributed by atoms with Crippen LogP contribution >= 0.6 is 0 Å². The van der Waals surface area contributed by atoms with Gasteiger partial charge in [0.25, 0.3) is 0 Å². The van der Waals surface area contributed by atoms with Gasteiger partial charge in [0.2, 0.25) is 5.78 Å². The largest absolute Gasteiger partial charge is 0.458 e. The van der Waals surface area contributed by atoms with Crippen LogP contribution in [0.4, 0.5) is 0 Å². The fraction of sp³-hybridized carbons (Fsp3) is 0.720. The van der Waals surface area contributed by atoms with E-state index in [0.29, 0.717) is 24.0 Å². The van der Waals surface area contributed by atoms with Crippen molar-refractivity contribution in [1.29, 1.82) is 0 Å². The second-order valence-electron chi connectivity index (χ2n) is 10.1. The molecule has 2 N–H and O–H groups in total. The molecule has 2 rings (SSSR count).